The third-order valence-electron chi connectivity index (χ3n) is 9.15. The van der Waals surface area contributed by atoms with Gasteiger partial charge in [0.25, 0.3) is 5.91 Å². The zero-order valence-corrected chi connectivity index (χ0v) is 28.9. The summed E-state index contributed by atoms with van der Waals surface area (Å²) in [5, 5.41) is 7.70. The fourth-order valence-electron chi connectivity index (χ4n) is 6.74. The standard InChI is InChI=1S/C35H43N7O5S/c1-6-41-28-12-11-21-15-23(28)24(31(41)22-9-7-13-37-30(22)20(2)46-5)17-35(3,4)19-47-33(44)25-10-8-14-42(40-25)32(43)26(39-34(36)45)16-29-38-27(21)18-48-29/h7,9,11-13,15,18,20,25-26,40H,6,8,10,14,16-17,19H2,1-5H3,(H3,36,39,45)/t20-,25-,26-/m0/s1. The summed E-state index contributed by atoms with van der Waals surface area (Å²) in [6.07, 6.45) is 3.45. The van der Waals surface area contributed by atoms with Gasteiger partial charge in [-0.1, -0.05) is 19.9 Å². The molecule has 0 unspecified atom stereocenters. The Labute approximate surface area is 284 Å². The van der Waals surface area contributed by atoms with Gasteiger partial charge in [-0.3, -0.25) is 19.6 Å². The number of thiazole rings is 1. The number of esters is 1. The molecule has 1 fully saturated rings. The number of hydrogen-bond acceptors (Lipinski definition) is 9. The summed E-state index contributed by atoms with van der Waals surface area (Å²) in [7, 11) is 1.69. The smallest absolute Gasteiger partial charge is 0.324 e. The molecule has 3 atom stereocenters. The molecule has 0 saturated carbocycles. The van der Waals surface area contributed by atoms with Crippen molar-refractivity contribution in [3.8, 4) is 22.5 Å². The van der Waals surface area contributed by atoms with Crippen molar-refractivity contribution >= 4 is 40.1 Å². The first-order chi connectivity index (χ1) is 23.0. The summed E-state index contributed by atoms with van der Waals surface area (Å²) in [5.41, 5.74) is 14.9. The van der Waals surface area contributed by atoms with Crippen LogP contribution in [0.4, 0.5) is 4.79 Å². The van der Waals surface area contributed by atoms with Crippen LogP contribution in [0, 0.1) is 5.41 Å². The van der Waals surface area contributed by atoms with Crippen molar-refractivity contribution in [2.45, 2.75) is 78.1 Å². The van der Waals surface area contributed by atoms with E-state index in [2.05, 4.69) is 60.3 Å². The maximum atomic E-state index is 13.6. The van der Waals surface area contributed by atoms with Gasteiger partial charge in [0.15, 0.2) is 0 Å². The number of amides is 3. The lowest BCUT2D eigenvalue weighted by molar-refractivity contribution is -0.155. The van der Waals surface area contributed by atoms with Gasteiger partial charge in [-0.15, -0.1) is 11.3 Å². The molecule has 2 aliphatic heterocycles. The molecule has 254 valence electrons. The van der Waals surface area contributed by atoms with Crippen LogP contribution in [0.3, 0.4) is 0 Å². The third-order valence-corrected chi connectivity index (χ3v) is 10.0. The van der Waals surface area contributed by atoms with Crippen LogP contribution < -0.4 is 16.5 Å². The number of aryl methyl sites for hydroxylation is 1. The van der Waals surface area contributed by atoms with Crippen LogP contribution in [-0.2, 0) is 38.4 Å². The van der Waals surface area contributed by atoms with E-state index in [-0.39, 0.29) is 25.0 Å². The Bertz CT molecular complexity index is 1850. The summed E-state index contributed by atoms with van der Waals surface area (Å²) in [6, 6.07) is 7.94. The minimum atomic E-state index is -0.958. The molecule has 6 rings (SSSR count). The molecule has 0 radical (unpaired) electrons. The van der Waals surface area contributed by atoms with Crippen molar-refractivity contribution in [3.05, 3.63) is 58.2 Å². The maximum Gasteiger partial charge on any atom is 0.324 e. The quantitative estimate of drug-likeness (QED) is 0.257. The van der Waals surface area contributed by atoms with Gasteiger partial charge >= 0.3 is 12.0 Å². The molecule has 4 aromatic rings. The molecule has 4 N–H and O–H groups in total. The highest BCUT2D eigenvalue weighted by Crippen LogP contribution is 2.42. The molecule has 0 spiro atoms. The Balaban J connectivity index is 1.53. The molecule has 48 heavy (non-hydrogen) atoms. The molecule has 12 nitrogen and oxygen atoms in total. The number of hydrazine groups is 1. The lowest BCUT2D eigenvalue weighted by Gasteiger charge is -2.35. The van der Waals surface area contributed by atoms with Gasteiger partial charge in [0.05, 0.1) is 34.8 Å². The molecular formula is C35H43N7O5S. The van der Waals surface area contributed by atoms with Gasteiger partial charge in [-0.2, -0.15) is 0 Å². The number of primary amides is 1. The van der Waals surface area contributed by atoms with E-state index in [9.17, 15) is 14.4 Å². The molecule has 1 saturated heterocycles. The maximum absolute atomic E-state index is 13.6. The first-order valence-electron chi connectivity index (χ1n) is 16.4. The van der Waals surface area contributed by atoms with Crippen molar-refractivity contribution in [1.29, 1.82) is 0 Å². The highest BCUT2D eigenvalue weighted by Gasteiger charge is 2.35. The Morgan fingerprint density at radius 3 is 2.85 bits per heavy atom. The van der Waals surface area contributed by atoms with E-state index in [1.54, 1.807) is 13.3 Å². The van der Waals surface area contributed by atoms with Crippen molar-refractivity contribution in [3.63, 3.8) is 0 Å². The second-order valence-electron chi connectivity index (χ2n) is 13.3. The number of ether oxygens (including phenoxy) is 2. The summed E-state index contributed by atoms with van der Waals surface area (Å²) in [4.78, 5) is 48.7. The summed E-state index contributed by atoms with van der Waals surface area (Å²) >= 11 is 1.42. The normalized spacial score (nSPS) is 20.6. The Morgan fingerprint density at radius 1 is 1.29 bits per heavy atom. The number of nitrogens with zero attached hydrogens (tertiary/aromatic N) is 4. The van der Waals surface area contributed by atoms with E-state index in [1.165, 1.54) is 16.3 Å². The summed E-state index contributed by atoms with van der Waals surface area (Å²) < 4.78 is 14.0. The molecule has 2 aliphatic rings. The lowest BCUT2D eigenvalue weighted by Crippen LogP contribution is -2.60. The van der Waals surface area contributed by atoms with E-state index in [0.717, 1.165) is 51.2 Å². The first kappa shape index (κ1) is 33.6. The minimum Gasteiger partial charge on any atom is -0.464 e. The van der Waals surface area contributed by atoms with E-state index in [0.29, 0.717) is 30.8 Å². The number of nitrogens with two attached hydrogens (primary N) is 1. The predicted octanol–water partition coefficient (Wildman–Crippen LogP) is 4.75. The number of carbonyl (C=O) groups excluding carboxylic acids is 3. The van der Waals surface area contributed by atoms with E-state index < -0.39 is 29.5 Å². The van der Waals surface area contributed by atoms with Crippen LogP contribution in [0.15, 0.2) is 41.9 Å². The predicted molar refractivity (Wildman–Crippen MR) is 184 cm³/mol. The largest absolute Gasteiger partial charge is 0.464 e. The number of nitrogens with one attached hydrogen (secondary N) is 2. The number of rotatable bonds is 5. The number of methoxy groups -OCH3 is 1. The second kappa shape index (κ2) is 13.7. The molecule has 3 amide bonds. The third kappa shape index (κ3) is 6.67. The fourth-order valence-corrected chi connectivity index (χ4v) is 7.59. The number of aromatic nitrogens is 3. The number of cyclic esters (lactones) is 1. The molecular weight excluding hydrogens is 630 g/mol. The van der Waals surface area contributed by atoms with Gasteiger partial charge in [-0.25, -0.2) is 15.2 Å². The van der Waals surface area contributed by atoms with Crippen LogP contribution in [0.2, 0.25) is 0 Å². The number of fused-ring (bicyclic) bond motifs is 6. The fraction of sp³-hybridized carbons (Fsp3) is 0.457. The molecule has 0 aliphatic carbocycles. The van der Waals surface area contributed by atoms with E-state index in [1.807, 2.05) is 18.4 Å². The Morgan fingerprint density at radius 2 is 2.10 bits per heavy atom. The van der Waals surface area contributed by atoms with Crippen LogP contribution >= 0.6 is 11.3 Å². The van der Waals surface area contributed by atoms with Crippen LogP contribution in [0.25, 0.3) is 33.4 Å². The zero-order chi connectivity index (χ0) is 34.2. The number of carbonyl (C=O) groups is 3. The van der Waals surface area contributed by atoms with Crippen molar-refractivity contribution in [1.82, 2.24) is 30.3 Å². The molecule has 13 heteroatoms. The number of pyridine rings is 1. The molecule has 5 heterocycles. The number of hydrogen-bond donors (Lipinski definition) is 3. The van der Waals surface area contributed by atoms with E-state index in [4.69, 9.17) is 25.2 Å². The molecule has 3 aromatic heterocycles. The van der Waals surface area contributed by atoms with Gasteiger partial charge in [-0.05, 0) is 62.9 Å². The van der Waals surface area contributed by atoms with Gasteiger partial charge in [0.1, 0.15) is 12.1 Å². The SMILES string of the molecule is CCn1c(-c2cccnc2[C@H](C)OC)c2c3cc(ccc31)-c1csc(n1)C[C@H](NC(N)=O)C(=O)N1CCC[C@H](N1)C(=O)OCC(C)(C)C2. The molecule has 1 aromatic carbocycles. The monoisotopic (exact) mass is 673 g/mol. The Kier molecular flexibility index (Phi) is 9.55. The first-order valence-corrected chi connectivity index (χ1v) is 17.3. The highest BCUT2D eigenvalue weighted by molar-refractivity contribution is 7.10. The van der Waals surface area contributed by atoms with Crippen molar-refractivity contribution in [2.75, 3.05) is 20.3 Å². The number of urea groups is 1. The number of benzene rings is 1. The van der Waals surface area contributed by atoms with Crippen molar-refractivity contribution < 1.29 is 23.9 Å². The minimum absolute atomic E-state index is 0.152. The van der Waals surface area contributed by atoms with Gasteiger partial charge in [0.2, 0.25) is 0 Å². The lowest BCUT2D eigenvalue weighted by atomic mass is 9.84. The topological polar surface area (TPSA) is 154 Å². The van der Waals surface area contributed by atoms with Crippen LogP contribution in [0.5, 0.6) is 0 Å². The van der Waals surface area contributed by atoms with Gasteiger partial charge in [0, 0.05) is 65.6 Å². The molecule has 6 bridgehead atoms. The highest BCUT2D eigenvalue weighted by atomic mass is 32.1. The zero-order valence-electron chi connectivity index (χ0n) is 28.0. The average molecular weight is 674 g/mol. The van der Waals surface area contributed by atoms with Gasteiger partial charge < -0.3 is 25.1 Å². The van der Waals surface area contributed by atoms with Crippen LogP contribution in [-0.4, -0.2) is 69.8 Å². The van der Waals surface area contributed by atoms with E-state index >= 15 is 0 Å². The average Bonchev–Trinajstić information content (AvgIpc) is 3.67. The second-order valence-corrected chi connectivity index (χ2v) is 14.2. The summed E-state index contributed by atoms with van der Waals surface area (Å²) in [5.74, 6) is -0.811. The Hall–Kier alpha value is -4.33. The summed E-state index contributed by atoms with van der Waals surface area (Å²) in [6.45, 7) is 9.61. The van der Waals surface area contributed by atoms with Crippen LogP contribution in [0.1, 0.15) is 62.9 Å². The van der Waals surface area contributed by atoms with Crippen molar-refractivity contribution in [2.24, 2.45) is 11.1 Å².